The Balaban J connectivity index is 1.61. The molecule has 0 bridgehead atoms. The summed E-state index contributed by atoms with van der Waals surface area (Å²) in [6.45, 7) is 3.79. The molecule has 0 fully saturated rings. The number of fused-ring (bicyclic) bond motifs is 1. The monoisotopic (exact) mass is 490 g/mol. The van der Waals surface area contributed by atoms with E-state index in [1.54, 1.807) is 42.1 Å². The lowest BCUT2D eigenvalue weighted by molar-refractivity contribution is -0.122. The minimum absolute atomic E-state index is 0.148. The fourth-order valence-corrected chi connectivity index (χ4v) is 6.31. The van der Waals surface area contributed by atoms with Crippen LogP contribution in [0.5, 0.6) is 5.75 Å². The third-order valence-electron chi connectivity index (χ3n) is 4.67. The fraction of sp³-hybridized carbons (Fsp3) is 0.286. The molecule has 32 heavy (non-hydrogen) atoms. The summed E-state index contributed by atoms with van der Waals surface area (Å²) < 4.78 is 34.7. The number of aryl methyl sites for hydroxylation is 1. The summed E-state index contributed by atoms with van der Waals surface area (Å²) in [5.74, 6) is 0.766. The number of sulfonamides is 1. The van der Waals surface area contributed by atoms with Crippen molar-refractivity contribution in [1.82, 2.24) is 10.2 Å². The largest absolute Gasteiger partial charge is 0.476 e. The molecule has 1 amide bonds. The number of thioether (sulfide) groups is 1. The Labute approximate surface area is 195 Å². The molecule has 4 rings (SSSR count). The lowest BCUT2D eigenvalue weighted by Crippen LogP contribution is -2.48. The lowest BCUT2D eigenvalue weighted by atomic mass is 10.1. The van der Waals surface area contributed by atoms with E-state index in [1.165, 1.54) is 27.8 Å². The first-order chi connectivity index (χ1) is 15.4. The molecule has 1 aromatic heterocycles. The van der Waals surface area contributed by atoms with Crippen LogP contribution in [0.3, 0.4) is 0 Å². The topological polar surface area (TPSA) is 101 Å². The molecule has 0 saturated heterocycles. The van der Waals surface area contributed by atoms with Gasteiger partial charge in [-0.3, -0.25) is 14.4 Å². The van der Waals surface area contributed by atoms with Crippen molar-refractivity contribution in [2.45, 2.75) is 35.6 Å². The van der Waals surface area contributed by atoms with Crippen molar-refractivity contribution in [3.05, 3.63) is 54.1 Å². The average molecular weight is 491 g/mol. The van der Waals surface area contributed by atoms with Crippen LogP contribution in [0.15, 0.2) is 57.8 Å². The molecule has 11 heteroatoms. The normalized spacial score (nSPS) is 15.7. The maximum absolute atomic E-state index is 13.4. The van der Waals surface area contributed by atoms with Gasteiger partial charge in [0.1, 0.15) is 5.75 Å². The van der Waals surface area contributed by atoms with Gasteiger partial charge in [-0.25, -0.2) is 8.42 Å². The molecular weight excluding hydrogens is 468 g/mol. The van der Waals surface area contributed by atoms with Gasteiger partial charge in [0.2, 0.25) is 5.13 Å². The molecule has 0 aliphatic carbocycles. The van der Waals surface area contributed by atoms with Gasteiger partial charge >= 0.3 is 0 Å². The Bertz CT molecular complexity index is 1210. The zero-order valence-electron chi connectivity index (χ0n) is 17.5. The average Bonchev–Trinajstić information content (AvgIpc) is 3.24. The zero-order chi connectivity index (χ0) is 22.7. The minimum atomic E-state index is -3.89. The molecule has 0 radical (unpaired) electrons. The molecule has 0 saturated carbocycles. The standard InChI is InChI=1S/C21H22N4O4S3/c1-3-11-30-21-24-23-20(31-21)22-19(26)18-13-25(16-12-14(2)9-10-17(16)29-18)32(27,28)15-7-5-4-6-8-15/h4-10,12,18H,3,11,13H2,1-2H3,(H,22,23,26). The summed E-state index contributed by atoms with van der Waals surface area (Å²) in [6, 6.07) is 13.4. The van der Waals surface area contributed by atoms with Crippen molar-refractivity contribution in [2.75, 3.05) is 21.9 Å². The summed E-state index contributed by atoms with van der Waals surface area (Å²) in [7, 11) is -3.89. The summed E-state index contributed by atoms with van der Waals surface area (Å²) in [4.78, 5) is 13.1. The number of benzene rings is 2. The number of aromatic nitrogens is 2. The minimum Gasteiger partial charge on any atom is -0.476 e. The van der Waals surface area contributed by atoms with Crippen LogP contribution in [0.4, 0.5) is 10.8 Å². The number of amides is 1. The van der Waals surface area contributed by atoms with E-state index in [1.807, 2.05) is 13.0 Å². The Morgan fingerprint density at radius 3 is 2.78 bits per heavy atom. The van der Waals surface area contributed by atoms with E-state index in [-0.39, 0.29) is 11.4 Å². The smallest absolute Gasteiger partial charge is 0.269 e. The van der Waals surface area contributed by atoms with Gasteiger partial charge in [-0.2, -0.15) is 0 Å². The van der Waals surface area contributed by atoms with Crippen molar-refractivity contribution in [2.24, 2.45) is 0 Å². The van der Waals surface area contributed by atoms with E-state index >= 15 is 0 Å². The van der Waals surface area contributed by atoms with Gasteiger partial charge in [0.15, 0.2) is 10.4 Å². The highest BCUT2D eigenvalue weighted by atomic mass is 32.2. The number of rotatable bonds is 7. The van der Waals surface area contributed by atoms with Gasteiger partial charge in [-0.15, -0.1) is 10.2 Å². The first kappa shape index (κ1) is 22.6. The van der Waals surface area contributed by atoms with Crippen molar-refractivity contribution in [3.63, 3.8) is 0 Å². The van der Waals surface area contributed by atoms with E-state index in [0.29, 0.717) is 16.6 Å². The molecule has 1 aliphatic rings. The van der Waals surface area contributed by atoms with Crippen molar-refractivity contribution >= 4 is 49.8 Å². The zero-order valence-corrected chi connectivity index (χ0v) is 20.0. The van der Waals surface area contributed by atoms with E-state index in [2.05, 4.69) is 22.4 Å². The Kier molecular flexibility index (Phi) is 6.68. The summed E-state index contributed by atoms with van der Waals surface area (Å²) in [5, 5.41) is 11.1. The van der Waals surface area contributed by atoms with Crippen LogP contribution in [0.1, 0.15) is 18.9 Å². The summed E-state index contributed by atoms with van der Waals surface area (Å²) in [6.07, 6.45) is -0.0359. The summed E-state index contributed by atoms with van der Waals surface area (Å²) in [5.41, 5.74) is 1.29. The number of ether oxygens (including phenoxy) is 1. The molecular formula is C21H22N4O4S3. The number of carbonyl (C=O) groups is 1. The van der Waals surface area contributed by atoms with Gasteiger partial charge in [0.05, 0.1) is 17.1 Å². The second-order valence-electron chi connectivity index (χ2n) is 7.14. The Morgan fingerprint density at radius 2 is 2.03 bits per heavy atom. The van der Waals surface area contributed by atoms with Crippen LogP contribution in [-0.2, 0) is 14.8 Å². The van der Waals surface area contributed by atoms with Crippen LogP contribution < -0.4 is 14.4 Å². The Morgan fingerprint density at radius 1 is 1.25 bits per heavy atom. The second-order valence-corrected chi connectivity index (χ2v) is 11.3. The van der Waals surface area contributed by atoms with Crippen LogP contribution in [0.2, 0.25) is 0 Å². The van der Waals surface area contributed by atoms with Crippen molar-refractivity contribution < 1.29 is 17.9 Å². The van der Waals surface area contributed by atoms with Gasteiger partial charge < -0.3 is 4.74 Å². The highest BCUT2D eigenvalue weighted by molar-refractivity contribution is 8.01. The number of nitrogens with one attached hydrogen (secondary N) is 1. The molecule has 1 unspecified atom stereocenters. The quantitative estimate of drug-likeness (QED) is 0.395. The maximum Gasteiger partial charge on any atom is 0.269 e. The number of carbonyl (C=O) groups excluding carboxylic acids is 1. The highest BCUT2D eigenvalue weighted by Gasteiger charge is 2.38. The van der Waals surface area contributed by atoms with Gasteiger partial charge in [0, 0.05) is 5.75 Å². The van der Waals surface area contributed by atoms with E-state index in [0.717, 1.165) is 22.1 Å². The lowest BCUT2D eigenvalue weighted by Gasteiger charge is -2.34. The van der Waals surface area contributed by atoms with Crippen LogP contribution in [-0.4, -0.2) is 42.9 Å². The SMILES string of the molecule is CCCSc1nnc(NC(=O)C2CN(S(=O)(=O)c3ccccc3)c3cc(C)ccc3O2)s1. The van der Waals surface area contributed by atoms with Crippen LogP contribution in [0.25, 0.3) is 0 Å². The van der Waals surface area contributed by atoms with Gasteiger partial charge in [0.25, 0.3) is 15.9 Å². The summed E-state index contributed by atoms with van der Waals surface area (Å²) >= 11 is 2.85. The second kappa shape index (κ2) is 9.47. The van der Waals surface area contributed by atoms with Crippen molar-refractivity contribution in [1.29, 1.82) is 0 Å². The number of hydrogen-bond donors (Lipinski definition) is 1. The van der Waals surface area contributed by atoms with Crippen molar-refractivity contribution in [3.8, 4) is 5.75 Å². The third kappa shape index (κ3) is 4.74. The van der Waals surface area contributed by atoms with E-state index < -0.39 is 22.0 Å². The molecule has 2 aromatic carbocycles. The molecule has 8 nitrogen and oxygen atoms in total. The Hall–Kier alpha value is -2.63. The molecule has 1 aliphatic heterocycles. The van der Waals surface area contributed by atoms with E-state index in [9.17, 15) is 13.2 Å². The van der Waals surface area contributed by atoms with E-state index in [4.69, 9.17) is 4.74 Å². The predicted molar refractivity (Wildman–Crippen MR) is 126 cm³/mol. The van der Waals surface area contributed by atoms with Crippen LogP contribution in [0, 0.1) is 6.92 Å². The van der Waals surface area contributed by atoms with Crippen LogP contribution >= 0.6 is 23.1 Å². The molecule has 168 valence electrons. The molecule has 1 N–H and O–H groups in total. The number of nitrogens with zero attached hydrogens (tertiary/aromatic N) is 3. The first-order valence-electron chi connectivity index (χ1n) is 10.0. The van der Waals surface area contributed by atoms with Gasteiger partial charge in [-0.05, 0) is 43.2 Å². The van der Waals surface area contributed by atoms with Gasteiger partial charge in [-0.1, -0.05) is 54.3 Å². The predicted octanol–water partition coefficient (Wildman–Crippen LogP) is 3.94. The third-order valence-corrected chi connectivity index (χ3v) is 8.65. The molecule has 1 atom stereocenters. The number of hydrogen-bond acceptors (Lipinski definition) is 8. The maximum atomic E-state index is 13.4. The highest BCUT2D eigenvalue weighted by Crippen LogP contribution is 2.38. The fourth-order valence-electron chi connectivity index (χ4n) is 3.14. The molecule has 0 spiro atoms. The molecule has 2 heterocycles. The molecule has 3 aromatic rings. The number of anilines is 2. The first-order valence-corrected chi connectivity index (χ1v) is 13.2.